The maximum Gasteiger partial charge on any atom is 0.0953 e. The second-order valence-corrected chi connectivity index (χ2v) is 6.89. The zero-order valence-electron chi connectivity index (χ0n) is 13.3. The third-order valence-electron chi connectivity index (χ3n) is 4.52. The van der Waals surface area contributed by atoms with Gasteiger partial charge in [0, 0.05) is 11.0 Å². The minimum absolute atomic E-state index is 0.162. The number of halogens is 1. The first kappa shape index (κ1) is 17.0. The van der Waals surface area contributed by atoms with E-state index in [4.69, 9.17) is 4.74 Å². The van der Waals surface area contributed by atoms with Gasteiger partial charge in [0.15, 0.2) is 0 Å². The van der Waals surface area contributed by atoms with Crippen LogP contribution in [0.2, 0.25) is 0 Å². The third-order valence-corrected chi connectivity index (χ3v) is 5.05. The van der Waals surface area contributed by atoms with Crippen LogP contribution < -0.4 is 5.32 Å². The summed E-state index contributed by atoms with van der Waals surface area (Å²) in [7, 11) is 0. The Bertz CT molecular complexity index is 406. The van der Waals surface area contributed by atoms with Crippen LogP contribution in [-0.4, -0.2) is 19.2 Å². The number of benzene rings is 1. The van der Waals surface area contributed by atoms with Gasteiger partial charge in [0.25, 0.3) is 0 Å². The molecular weight excluding hydrogens is 326 g/mol. The summed E-state index contributed by atoms with van der Waals surface area (Å²) in [4.78, 5) is 0. The monoisotopic (exact) mass is 353 g/mol. The van der Waals surface area contributed by atoms with Crippen LogP contribution in [0.5, 0.6) is 0 Å². The van der Waals surface area contributed by atoms with E-state index in [1.807, 2.05) is 0 Å². The van der Waals surface area contributed by atoms with Gasteiger partial charge in [-0.15, -0.1) is 0 Å². The molecule has 1 aliphatic rings. The minimum Gasteiger partial charge on any atom is -0.369 e. The number of likely N-dealkylation sites (N-methyl/N-ethyl adjacent to an activating group) is 1. The van der Waals surface area contributed by atoms with Crippen LogP contribution in [0.4, 0.5) is 0 Å². The summed E-state index contributed by atoms with van der Waals surface area (Å²) in [6, 6.07) is 8.57. The SMILES string of the molecule is CCNCC(OC1CCCCC1CC)c1ccc(Br)cc1. The van der Waals surface area contributed by atoms with Gasteiger partial charge in [-0.3, -0.25) is 0 Å². The highest BCUT2D eigenvalue weighted by Gasteiger charge is 2.27. The molecular formula is C18H28BrNO. The van der Waals surface area contributed by atoms with E-state index in [2.05, 4.69) is 59.4 Å². The van der Waals surface area contributed by atoms with Crippen LogP contribution >= 0.6 is 15.9 Å². The highest BCUT2D eigenvalue weighted by atomic mass is 79.9. The van der Waals surface area contributed by atoms with Gasteiger partial charge in [0.2, 0.25) is 0 Å². The Labute approximate surface area is 137 Å². The van der Waals surface area contributed by atoms with Gasteiger partial charge in [0.05, 0.1) is 12.2 Å². The molecule has 0 amide bonds. The molecule has 2 nitrogen and oxygen atoms in total. The quantitative estimate of drug-likeness (QED) is 0.737. The topological polar surface area (TPSA) is 21.3 Å². The molecule has 2 rings (SSSR count). The second kappa shape index (κ2) is 8.92. The molecule has 1 aromatic rings. The molecule has 1 N–H and O–H groups in total. The maximum atomic E-state index is 6.55. The molecule has 0 spiro atoms. The Morgan fingerprint density at radius 3 is 2.57 bits per heavy atom. The third kappa shape index (κ3) is 5.08. The molecule has 1 aromatic carbocycles. The summed E-state index contributed by atoms with van der Waals surface area (Å²) in [5, 5.41) is 3.45. The Hall–Kier alpha value is -0.380. The number of hydrogen-bond acceptors (Lipinski definition) is 2. The fourth-order valence-corrected chi connectivity index (χ4v) is 3.49. The van der Waals surface area contributed by atoms with Crippen LogP contribution in [0.25, 0.3) is 0 Å². The smallest absolute Gasteiger partial charge is 0.0953 e. The van der Waals surface area contributed by atoms with E-state index >= 15 is 0 Å². The first-order valence-electron chi connectivity index (χ1n) is 8.36. The first-order chi connectivity index (χ1) is 10.2. The lowest BCUT2D eigenvalue weighted by Crippen LogP contribution is -2.32. The molecule has 3 unspecified atom stereocenters. The molecule has 118 valence electrons. The summed E-state index contributed by atoms with van der Waals surface area (Å²) in [5.41, 5.74) is 1.28. The summed E-state index contributed by atoms with van der Waals surface area (Å²) in [5.74, 6) is 0.735. The predicted octanol–water partition coefficient (Wildman–Crippen LogP) is 5.09. The van der Waals surface area contributed by atoms with Crippen molar-refractivity contribution >= 4 is 15.9 Å². The van der Waals surface area contributed by atoms with Gasteiger partial charge in [-0.1, -0.05) is 61.2 Å². The number of ether oxygens (including phenoxy) is 1. The van der Waals surface area contributed by atoms with Crippen molar-refractivity contribution in [1.29, 1.82) is 0 Å². The van der Waals surface area contributed by atoms with E-state index in [-0.39, 0.29) is 6.10 Å². The van der Waals surface area contributed by atoms with Crippen molar-refractivity contribution in [3.8, 4) is 0 Å². The molecule has 1 aliphatic carbocycles. The minimum atomic E-state index is 0.162. The highest BCUT2D eigenvalue weighted by Crippen LogP contribution is 2.33. The van der Waals surface area contributed by atoms with Gasteiger partial charge in [-0.05, 0) is 43.0 Å². The lowest BCUT2D eigenvalue weighted by Gasteiger charge is -2.34. The van der Waals surface area contributed by atoms with E-state index in [1.165, 1.54) is 37.7 Å². The summed E-state index contributed by atoms with van der Waals surface area (Å²) < 4.78 is 7.67. The van der Waals surface area contributed by atoms with Crippen LogP contribution in [0.1, 0.15) is 57.6 Å². The standard InChI is InChI=1S/C18H28BrNO/c1-3-14-7-5-6-8-17(14)21-18(13-20-4-2)15-9-11-16(19)12-10-15/h9-12,14,17-18,20H,3-8,13H2,1-2H3. The molecule has 21 heavy (non-hydrogen) atoms. The average molecular weight is 354 g/mol. The van der Waals surface area contributed by atoms with Crippen molar-refractivity contribution in [2.45, 2.75) is 58.2 Å². The van der Waals surface area contributed by atoms with E-state index in [9.17, 15) is 0 Å². The molecule has 0 radical (unpaired) electrons. The molecule has 0 bridgehead atoms. The van der Waals surface area contributed by atoms with Crippen LogP contribution in [-0.2, 0) is 4.74 Å². The van der Waals surface area contributed by atoms with E-state index in [1.54, 1.807) is 0 Å². The van der Waals surface area contributed by atoms with Gasteiger partial charge < -0.3 is 10.1 Å². The molecule has 0 aromatic heterocycles. The lowest BCUT2D eigenvalue weighted by molar-refractivity contribution is -0.0614. The molecule has 1 saturated carbocycles. The Morgan fingerprint density at radius 1 is 1.19 bits per heavy atom. The van der Waals surface area contributed by atoms with Gasteiger partial charge in [-0.2, -0.15) is 0 Å². The molecule has 3 atom stereocenters. The summed E-state index contributed by atoms with van der Waals surface area (Å²) >= 11 is 3.51. The van der Waals surface area contributed by atoms with Crippen molar-refractivity contribution in [2.75, 3.05) is 13.1 Å². The summed E-state index contributed by atoms with van der Waals surface area (Å²) in [6.45, 7) is 6.32. The largest absolute Gasteiger partial charge is 0.369 e. The zero-order chi connectivity index (χ0) is 15.1. The van der Waals surface area contributed by atoms with E-state index in [0.29, 0.717) is 6.10 Å². The van der Waals surface area contributed by atoms with Crippen LogP contribution in [0.15, 0.2) is 28.7 Å². The average Bonchev–Trinajstić information content (AvgIpc) is 2.52. The molecule has 3 heteroatoms. The fourth-order valence-electron chi connectivity index (χ4n) is 3.23. The Balaban J connectivity index is 2.06. The second-order valence-electron chi connectivity index (χ2n) is 5.98. The lowest BCUT2D eigenvalue weighted by atomic mass is 9.84. The molecule has 0 heterocycles. The normalized spacial score (nSPS) is 24.0. The van der Waals surface area contributed by atoms with Crippen molar-refractivity contribution in [1.82, 2.24) is 5.32 Å². The Kier molecular flexibility index (Phi) is 7.21. The predicted molar refractivity (Wildman–Crippen MR) is 92.5 cm³/mol. The van der Waals surface area contributed by atoms with Crippen molar-refractivity contribution in [3.63, 3.8) is 0 Å². The van der Waals surface area contributed by atoms with Crippen molar-refractivity contribution < 1.29 is 4.74 Å². The number of hydrogen-bond donors (Lipinski definition) is 1. The fraction of sp³-hybridized carbons (Fsp3) is 0.667. The van der Waals surface area contributed by atoms with Crippen LogP contribution in [0, 0.1) is 5.92 Å². The van der Waals surface area contributed by atoms with Gasteiger partial charge >= 0.3 is 0 Å². The van der Waals surface area contributed by atoms with E-state index < -0.39 is 0 Å². The number of nitrogens with one attached hydrogen (secondary N) is 1. The van der Waals surface area contributed by atoms with Crippen LogP contribution in [0.3, 0.4) is 0 Å². The van der Waals surface area contributed by atoms with Gasteiger partial charge in [-0.25, -0.2) is 0 Å². The first-order valence-corrected chi connectivity index (χ1v) is 9.15. The van der Waals surface area contributed by atoms with Gasteiger partial charge in [0.1, 0.15) is 0 Å². The van der Waals surface area contributed by atoms with E-state index in [0.717, 1.165) is 23.5 Å². The molecule has 0 aliphatic heterocycles. The molecule has 0 saturated heterocycles. The van der Waals surface area contributed by atoms with Crippen molar-refractivity contribution in [2.24, 2.45) is 5.92 Å². The Morgan fingerprint density at radius 2 is 1.90 bits per heavy atom. The maximum absolute atomic E-state index is 6.55. The number of rotatable bonds is 7. The zero-order valence-corrected chi connectivity index (χ0v) is 14.9. The van der Waals surface area contributed by atoms with Crippen molar-refractivity contribution in [3.05, 3.63) is 34.3 Å². The molecule has 1 fully saturated rings. The summed E-state index contributed by atoms with van der Waals surface area (Å²) in [6.07, 6.45) is 7.06. The highest BCUT2D eigenvalue weighted by molar-refractivity contribution is 9.10.